The fourth-order valence-electron chi connectivity index (χ4n) is 2.92. The minimum Gasteiger partial charge on any atom is -0.339 e. The highest BCUT2D eigenvalue weighted by Crippen LogP contribution is 2.40. The molecule has 0 saturated carbocycles. The molecule has 0 aromatic carbocycles. The van der Waals surface area contributed by atoms with Crippen LogP contribution in [0.2, 0.25) is 0 Å². The molecule has 0 spiro atoms. The normalized spacial score (nSPS) is 22.0. The van der Waals surface area contributed by atoms with E-state index in [1.165, 1.54) is 10.4 Å². The van der Waals surface area contributed by atoms with Gasteiger partial charge in [-0.3, -0.25) is 9.59 Å². The number of amides is 2. The van der Waals surface area contributed by atoms with Crippen molar-refractivity contribution in [2.75, 3.05) is 31.9 Å². The Hall–Kier alpha value is -1.01. The van der Waals surface area contributed by atoms with E-state index in [1.807, 2.05) is 16.7 Å². The van der Waals surface area contributed by atoms with Crippen LogP contribution in [0.5, 0.6) is 0 Å². The number of hydrogen-bond donors (Lipinski definition) is 0. The van der Waals surface area contributed by atoms with Crippen molar-refractivity contribution in [2.24, 2.45) is 0 Å². The van der Waals surface area contributed by atoms with Crippen LogP contribution in [0, 0.1) is 0 Å². The third kappa shape index (κ3) is 2.97. The van der Waals surface area contributed by atoms with E-state index >= 15 is 0 Å². The molecule has 2 aliphatic rings. The molecule has 1 saturated heterocycles. The predicted molar refractivity (Wildman–Crippen MR) is 86.7 cm³/mol. The van der Waals surface area contributed by atoms with E-state index in [-0.39, 0.29) is 17.1 Å². The van der Waals surface area contributed by atoms with Gasteiger partial charge in [-0.2, -0.15) is 0 Å². The van der Waals surface area contributed by atoms with Crippen LogP contribution in [-0.2, 0) is 16.0 Å². The van der Waals surface area contributed by atoms with Crippen LogP contribution in [0.25, 0.3) is 0 Å². The minimum atomic E-state index is -0.0339. The molecule has 1 atom stereocenters. The SMILES string of the molecule is CCC(=O)N1CCN(C(=O)[C@@H]2SCCc3sccc32)CC1. The van der Waals surface area contributed by atoms with Crippen LogP contribution in [-0.4, -0.2) is 53.5 Å². The topological polar surface area (TPSA) is 40.6 Å². The highest BCUT2D eigenvalue weighted by molar-refractivity contribution is 8.00. The lowest BCUT2D eigenvalue weighted by Crippen LogP contribution is -2.51. The molecule has 0 unspecified atom stereocenters. The molecular formula is C15H20N2O2S2. The average Bonchev–Trinajstić information content (AvgIpc) is 3.02. The highest BCUT2D eigenvalue weighted by Gasteiger charge is 2.33. The van der Waals surface area contributed by atoms with Crippen molar-refractivity contribution in [3.05, 3.63) is 21.9 Å². The van der Waals surface area contributed by atoms with E-state index < -0.39 is 0 Å². The molecule has 3 rings (SSSR count). The molecule has 4 nitrogen and oxygen atoms in total. The van der Waals surface area contributed by atoms with Gasteiger partial charge in [0.1, 0.15) is 5.25 Å². The second-order valence-corrected chi connectivity index (χ2v) is 7.57. The molecule has 0 bridgehead atoms. The molecule has 0 radical (unpaired) electrons. The first kappa shape index (κ1) is 14.9. The Balaban J connectivity index is 1.64. The lowest BCUT2D eigenvalue weighted by molar-refractivity contribution is -0.139. The minimum absolute atomic E-state index is 0.0339. The second kappa shape index (κ2) is 6.40. The Labute approximate surface area is 133 Å². The van der Waals surface area contributed by atoms with E-state index in [0.29, 0.717) is 32.6 Å². The van der Waals surface area contributed by atoms with Crippen LogP contribution in [0.15, 0.2) is 11.4 Å². The summed E-state index contributed by atoms with van der Waals surface area (Å²) >= 11 is 3.52. The molecule has 1 fully saturated rings. The standard InChI is InChI=1S/C15H20N2O2S2/c1-2-13(18)16-5-7-17(8-6-16)15(19)14-11-3-9-20-12(11)4-10-21-14/h3,9,14H,2,4-8,10H2,1H3/t14-/m1/s1. The van der Waals surface area contributed by atoms with Crippen LogP contribution < -0.4 is 0 Å². The fourth-order valence-corrected chi connectivity index (χ4v) is 5.29. The molecule has 1 aromatic heterocycles. The van der Waals surface area contributed by atoms with Gasteiger partial charge in [-0.1, -0.05) is 6.92 Å². The van der Waals surface area contributed by atoms with Gasteiger partial charge in [0, 0.05) is 37.5 Å². The van der Waals surface area contributed by atoms with Gasteiger partial charge in [-0.25, -0.2) is 0 Å². The molecular weight excluding hydrogens is 304 g/mol. The number of fused-ring (bicyclic) bond motifs is 1. The number of carbonyl (C=O) groups is 2. The predicted octanol–water partition coefficient (Wildman–Crippen LogP) is 2.16. The molecule has 3 heterocycles. The highest BCUT2D eigenvalue weighted by atomic mass is 32.2. The van der Waals surface area contributed by atoms with Gasteiger partial charge in [0.25, 0.3) is 0 Å². The number of thiophene rings is 1. The number of piperazine rings is 1. The van der Waals surface area contributed by atoms with Crippen molar-refractivity contribution in [2.45, 2.75) is 25.0 Å². The molecule has 1 aromatic rings. The van der Waals surface area contributed by atoms with Crippen molar-refractivity contribution in [3.63, 3.8) is 0 Å². The Morgan fingerprint density at radius 3 is 2.67 bits per heavy atom. The number of aryl methyl sites for hydroxylation is 1. The van der Waals surface area contributed by atoms with Gasteiger partial charge >= 0.3 is 0 Å². The van der Waals surface area contributed by atoms with Crippen LogP contribution in [0.1, 0.15) is 29.0 Å². The largest absolute Gasteiger partial charge is 0.339 e. The zero-order valence-electron chi connectivity index (χ0n) is 12.2. The van der Waals surface area contributed by atoms with Crippen LogP contribution in [0.3, 0.4) is 0 Å². The molecule has 6 heteroatoms. The van der Waals surface area contributed by atoms with Crippen molar-refractivity contribution in [1.29, 1.82) is 0 Å². The average molecular weight is 324 g/mol. The quantitative estimate of drug-likeness (QED) is 0.837. The first-order valence-electron chi connectivity index (χ1n) is 7.45. The monoisotopic (exact) mass is 324 g/mol. The molecule has 2 amide bonds. The summed E-state index contributed by atoms with van der Waals surface area (Å²) < 4.78 is 0. The Bertz CT molecular complexity index is 536. The molecule has 0 N–H and O–H groups in total. The molecule has 114 valence electrons. The summed E-state index contributed by atoms with van der Waals surface area (Å²) in [7, 11) is 0. The van der Waals surface area contributed by atoms with E-state index in [2.05, 4.69) is 11.4 Å². The second-order valence-electron chi connectivity index (χ2n) is 5.36. The Morgan fingerprint density at radius 2 is 1.95 bits per heavy atom. The van der Waals surface area contributed by atoms with Gasteiger partial charge in [-0.15, -0.1) is 23.1 Å². The number of thioether (sulfide) groups is 1. The summed E-state index contributed by atoms with van der Waals surface area (Å²) in [6, 6.07) is 2.10. The fraction of sp³-hybridized carbons (Fsp3) is 0.600. The summed E-state index contributed by atoms with van der Waals surface area (Å²) in [5.74, 6) is 1.44. The number of hydrogen-bond acceptors (Lipinski definition) is 4. The third-order valence-electron chi connectivity index (χ3n) is 4.15. The van der Waals surface area contributed by atoms with Gasteiger partial charge in [0.05, 0.1) is 0 Å². The lowest BCUT2D eigenvalue weighted by Gasteiger charge is -2.37. The van der Waals surface area contributed by atoms with Crippen molar-refractivity contribution < 1.29 is 9.59 Å². The zero-order valence-corrected chi connectivity index (χ0v) is 13.8. The summed E-state index contributed by atoms with van der Waals surface area (Å²) in [5.41, 5.74) is 1.22. The van der Waals surface area contributed by atoms with E-state index in [9.17, 15) is 9.59 Å². The number of carbonyl (C=O) groups excluding carboxylic acids is 2. The smallest absolute Gasteiger partial charge is 0.240 e. The summed E-state index contributed by atoms with van der Waals surface area (Å²) in [4.78, 5) is 29.6. The summed E-state index contributed by atoms with van der Waals surface area (Å²) in [6.07, 6.45) is 1.63. The van der Waals surface area contributed by atoms with Crippen LogP contribution in [0.4, 0.5) is 0 Å². The van der Waals surface area contributed by atoms with Crippen molar-refractivity contribution in [1.82, 2.24) is 9.80 Å². The van der Waals surface area contributed by atoms with Gasteiger partial charge in [-0.05, 0) is 29.2 Å². The summed E-state index contributed by atoms with van der Waals surface area (Å²) in [5, 5.41) is 2.06. The molecule has 0 aliphatic carbocycles. The van der Waals surface area contributed by atoms with E-state index in [0.717, 1.165) is 12.2 Å². The third-order valence-corrected chi connectivity index (χ3v) is 6.37. The summed E-state index contributed by atoms with van der Waals surface area (Å²) in [6.45, 7) is 4.57. The van der Waals surface area contributed by atoms with E-state index in [1.54, 1.807) is 23.1 Å². The molecule has 21 heavy (non-hydrogen) atoms. The van der Waals surface area contributed by atoms with Gasteiger partial charge in [0.2, 0.25) is 11.8 Å². The number of rotatable bonds is 2. The lowest BCUT2D eigenvalue weighted by atomic mass is 10.1. The van der Waals surface area contributed by atoms with Crippen molar-refractivity contribution >= 4 is 34.9 Å². The first-order valence-corrected chi connectivity index (χ1v) is 9.38. The maximum atomic E-state index is 12.8. The number of nitrogens with zero attached hydrogens (tertiary/aromatic N) is 2. The van der Waals surface area contributed by atoms with Gasteiger partial charge < -0.3 is 9.80 Å². The van der Waals surface area contributed by atoms with Crippen LogP contribution >= 0.6 is 23.1 Å². The van der Waals surface area contributed by atoms with Crippen molar-refractivity contribution in [3.8, 4) is 0 Å². The molecule has 2 aliphatic heterocycles. The van der Waals surface area contributed by atoms with Gasteiger partial charge in [0.15, 0.2) is 0 Å². The Morgan fingerprint density at radius 1 is 1.24 bits per heavy atom. The van der Waals surface area contributed by atoms with E-state index in [4.69, 9.17) is 0 Å². The first-order chi connectivity index (χ1) is 10.2. The maximum Gasteiger partial charge on any atom is 0.240 e. The maximum absolute atomic E-state index is 12.8. The Kier molecular flexibility index (Phi) is 4.54. The zero-order chi connectivity index (χ0) is 14.8.